The molecule has 7 heteroatoms. The summed E-state index contributed by atoms with van der Waals surface area (Å²) >= 11 is 3.95. The normalized spacial score (nSPS) is 10.8. The highest BCUT2D eigenvalue weighted by atomic mass is 79.9. The predicted octanol–water partition coefficient (Wildman–Crippen LogP) is 3.96. The van der Waals surface area contributed by atoms with Gasteiger partial charge in [0.1, 0.15) is 16.5 Å². The number of carbonyl (C=O) groups excluding carboxylic acids is 1. The lowest BCUT2D eigenvalue weighted by atomic mass is 10.1. The van der Waals surface area contributed by atoms with Crippen molar-refractivity contribution < 1.29 is 13.6 Å². The van der Waals surface area contributed by atoms with E-state index in [4.69, 9.17) is 0 Å². The van der Waals surface area contributed by atoms with Crippen LogP contribution in [0.15, 0.2) is 16.6 Å². The second-order valence-corrected chi connectivity index (χ2v) is 5.83. The molecule has 106 valence electrons. The van der Waals surface area contributed by atoms with Crippen LogP contribution in [-0.2, 0) is 12.8 Å². The maximum Gasteiger partial charge on any atom is 0.180 e. The second-order valence-electron chi connectivity index (χ2n) is 4.22. The van der Waals surface area contributed by atoms with E-state index in [1.807, 2.05) is 6.92 Å². The fourth-order valence-corrected chi connectivity index (χ4v) is 2.81. The van der Waals surface area contributed by atoms with Crippen molar-refractivity contribution in [3.05, 3.63) is 44.4 Å². The number of halogens is 3. The average Bonchev–Trinajstić information content (AvgIpc) is 2.88. The molecule has 0 atom stereocenters. The first-order chi connectivity index (χ1) is 9.54. The molecule has 2 aromatic rings. The Morgan fingerprint density at radius 3 is 2.85 bits per heavy atom. The van der Waals surface area contributed by atoms with Gasteiger partial charge in [-0.3, -0.25) is 4.79 Å². The van der Waals surface area contributed by atoms with Gasteiger partial charge in [-0.1, -0.05) is 17.8 Å². The molecule has 0 fully saturated rings. The minimum Gasteiger partial charge on any atom is -0.293 e. The van der Waals surface area contributed by atoms with E-state index in [0.29, 0.717) is 17.0 Å². The summed E-state index contributed by atoms with van der Waals surface area (Å²) in [5.74, 6) is -1.83. The Balaban J connectivity index is 2.28. The molecule has 0 unspecified atom stereocenters. The Kier molecular flexibility index (Phi) is 4.93. The number of benzene rings is 1. The Morgan fingerprint density at radius 2 is 2.15 bits per heavy atom. The molecule has 0 saturated carbocycles. The molecule has 2 rings (SSSR count). The zero-order chi connectivity index (χ0) is 14.7. The summed E-state index contributed by atoms with van der Waals surface area (Å²) in [6, 6.07) is 2.41. The number of aromatic nitrogens is 2. The zero-order valence-corrected chi connectivity index (χ0v) is 13.0. The number of carbonyl (C=O) groups is 1. The van der Waals surface area contributed by atoms with Crippen LogP contribution >= 0.6 is 27.5 Å². The highest BCUT2D eigenvalue weighted by Crippen LogP contribution is 2.24. The summed E-state index contributed by atoms with van der Waals surface area (Å²) in [5, 5.41) is 3.88. The van der Waals surface area contributed by atoms with E-state index in [1.165, 1.54) is 6.07 Å². The van der Waals surface area contributed by atoms with Crippen molar-refractivity contribution in [2.24, 2.45) is 0 Å². The Labute approximate surface area is 127 Å². The number of rotatable bonds is 5. The molecule has 0 radical (unpaired) electrons. The van der Waals surface area contributed by atoms with Gasteiger partial charge in [-0.15, -0.1) is 5.10 Å². The number of hydrogen-bond acceptors (Lipinski definition) is 4. The Hall–Kier alpha value is -1.21. The molecule has 0 spiro atoms. The SMILES string of the molecule is CCCc1nnsc1C(=O)Cc1c(F)ccc(Br)c1F. The zero-order valence-electron chi connectivity index (χ0n) is 10.6. The van der Waals surface area contributed by atoms with E-state index >= 15 is 0 Å². The topological polar surface area (TPSA) is 42.9 Å². The smallest absolute Gasteiger partial charge is 0.180 e. The lowest BCUT2D eigenvalue weighted by molar-refractivity contribution is 0.0993. The van der Waals surface area contributed by atoms with Gasteiger partial charge in [-0.2, -0.15) is 0 Å². The molecule has 0 aliphatic heterocycles. The molecule has 0 aliphatic rings. The molecule has 0 N–H and O–H groups in total. The number of ketones is 1. The number of aryl methyl sites for hydroxylation is 1. The van der Waals surface area contributed by atoms with Gasteiger partial charge in [-0.05, 0) is 46.0 Å². The van der Waals surface area contributed by atoms with Crippen molar-refractivity contribution in [1.29, 1.82) is 0 Å². The first kappa shape index (κ1) is 15.2. The van der Waals surface area contributed by atoms with Gasteiger partial charge in [0, 0.05) is 12.0 Å². The standard InChI is InChI=1S/C13H11BrF2N2OS/c1-2-3-10-13(20-18-17-10)11(19)6-7-9(15)5-4-8(14)12(7)16/h4-5H,2-3,6H2,1H3. The van der Waals surface area contributed by atoms with Crippen LogP contribution in [0.2, 0.25) is 0 Å². The third-order valence-corrected chi connectivity index (χ3v) is 4.19. The van der Waals surface area contributed by atoms with Crippen molar-refractivity contribution in [1.82, 2.24) is 9.59 Å². The molecule has 1 aromatic carbocycles. The van der Waals surface area contributed by atoms with Gasteiger partial charge in [0.15, 0.2) is 5.78 Å². The third kappa shape index (κ3) is 3.09. The van der Waals surface area contributed by atoms with Crippen LogP contribution in [0.25, 0.3) is 0 Å². The average molecular weight is 361 g/mol. The molecule has 1 heterocycles. The molecular weight excluding hydrogens is 350 g/mol. The quantitative estimate of drug-likeness (QED) is 0.598. The minimum absolute atomic E-state index is 0.137. The van der Waals surface area contributed by atoms with Crippen LogP contribution in [0.5, 0.6) is 0 Å². The molecule has 3 nitrogen and oxygen atoms in total. The fourth-order valence-electron chi connectivity index (χ4n) is 1.79. The lowest BCUT2D eigenvalue weighted by Gasteiger charge is -2.05. The van der Waals surface area contributed by atoms with Crippen LogP contribution < -0.4 is 0 Å². The fraction of sp³-hybridized carbons (Fsp3) is 0.308. The first-order valence-electron chi connectivity index (χ1n) is 6.01. The molecular formula is C13H11BrF2N2OS. The van der Waals surface area contributed by atoms with Crippen LogP contribution in [0.3, 0.4) is 0 Å². The van der Waals surface area contributed by atoms with Crippen LogP contribution in [0.1, 0.15) is 34.3 Å². The van der Waals surface area contributed by atoms with Crippen molar-refractivity contribution in [2.75, 3.05) is 0 Å². The van der Waals surface area contributed by atoms with E-state index in [1.54, 1.807) is 0 Å². The molecule has 0 saturated heterocycles. The monoisotopic (exact) mass is 360 g/mol. The van der Waals surface area contributed by atoms with Crippen LogP contribution in [0.4, 0.5) is 8.78 Å². The largest absolute Gasteiger partial charge is 0.293 e. The first-order valence-corrected chi connectivity index (χ1v) is 7.58. The number of nitrogens with zero attached hydrogens (tertiary/aromatic N) is 2. The molecule has 0 aliphatic carbocycles. The van der Waals surface area contributed by atoms with Gasteiger partial charge in [0.25, 0.3) is 0 Å². The van der Waals surface area contributed by atoms with Crippen molar-refractivity contribution in [3.8, 4) is 0 Å². The number of hydrogen-bond donors (Lipinski definition) is 0. The van der Waals surface area contributed by atoms with Gasteiger partial charge in [0.2, 0.25) is 0 Å². The summed E-state index contributed by atoms with van der Waals surface area (Å²) in [6.07, 6.45) is 1.12. The van der Waals surface area contributed by atoms with Crippen molar-refractivity contribution >= 4 is 33.2 Å². The summed E-state index contributed by atoms with van der Waals surface area (Å²) in [7, 11) is 0. The summed E-state index contributed by atoms with van der Waals surface area (Å²) in [6.45, 7) is 1.96. The molecule has 20 heavy (non-hydrogen) atoms. The second kappa shape index (κ2) is 6.49. The lowest BCUT2D eigenvalue weighted by Crippen LogP contribution is -2.08. The van der Waals surface area contributed by atoms with Gasteiger partial charge in [-0.25, -0.2) is 8.78 Å². The van der Waals surface area contributed by atoms with Crippen LogP contribution in [0, 0.1) is 11.6 Å². The van der Waals surface area contributed by atoms with E-state index in [0.717, 1.165) is 24.0 Å². The highest BCUT2D eigenvalue weighted by molar-refractivity contribution is 9.10. The van der Waals surface area contributed by atoms with E-state index in [-0.39, 0.29) is 22.2 Å². The number of Topliss-reactive ketones (excluding diaryl/α,β-unsaturated/α-hetero) is 1. The van der Waals surface area contributed by atoms with E-state index < -0.39 is 11.6 Å². The molecule has 0 amide bonds. The molecule has 1 aromatic heterocycles. The van der Waals surface area contributed by atoms with E-state index in [9.17, 15) is 13.6 Å². The van der Waals surface area contributed by atoms with Crippen molar-refractivity contribution in [2.45, 2.75) is 26.2 Å². The summed E-state index contributed by atoms with van der Waals surface area (Å²) in [4.78, 5) is 12.5. The maximum atomic E-state index is 13.8. The Bertz CT molecular complexity index is 645. The van der Waals surface area contributed by atoms with Gasteiger partial charge in [0.05, 0.1) is 10.2 Å². The summed E-state index contributed by atoms with van der Waals surface area (Å²) < 4.78 is 31.4. The highest BCUT2D eigenvalue weighted by Gasteiger charge is 2.21. The maximum absolute atomic E-state index is 13.8. The molecule has 0 bridgehead atoms. The van der Waals surface area contributed by atoms with Gasteiger partial charge < -0.3 is 0 Å². The van der Waals surface area contributed by atoms with Crippen LogP contribution in [-0.4, -0.2) is 15.4 Å². The predicted molar refractivity (Wildman–Crippen MR) is 76.0 cm³/mol. The third-order valence-electron chi connectivity index (χ3n) is 2.77. The summed E-state index contributed by atoms with van der Waals surface area (Å²) in [5.41, 5.74) is 0.360. The van der Waals surface area contributed by atoms with Gasteiger partial charge >= 0.3 is 0 Å². The minimum atomic E-state index is -0.743. The van der Waals surface area contributed by atoms with E-state index in [2.05, 4.69) is 25.5 Å². The van der Waals surface area contributed by atoms with Crippen molar-refractivity contribution in [3.63, 3.8) is 0 Å². The Morgan fingerprint density at radius 1 is 1.40 bits per heavy atom.